The topological polar surface area (TPSA) is 47.3 Å². The van der Waals surface area contributed by atoms with Gasteiger partial charge in [-0.3, -0.25) is 4.79 Å². The fourth-order valence-corrected chi connectivity index (χ4v) is 2.43. The Balaban J connectivity index is 2.33. The smallest absolute Gasteiger partial charge is 0.246 e. The molecule has 1 heterocycles. The van der Waals surface area contributed by atoms with Gasteiger partial charge in [0.15, 0.2) is 0 Å². The summed E-state index contributed by atoms with van der Waals surface area (Å²) in [7, 11) is 1.81. The van der Waals surface area contributed by atoms with Gasteiger partial charge in [-0.1, -0.05) is 17.7 Å². The van der Waals surface area contributed by atoms with E-state index in [2.05, 4.69) is 11.0 Å². The molecule has 1 aromatic rings. The Morgan fingerprint density at radius 1 is 1.37 bits per heavy atom. The number of hydrogen-bond acceptors (Lipinski definition) is 3. The largest absolute Gasteiger partial charge is 0.357 e. The zero-order valence-corrected chi connectivity index (χ0v) is 11.6. The summed E-state index contributed by atoms with van der Waals surface area (Å²) in [5, 5.41) is 8.95. The van der Waals surface area contributed by atoms with Crippen molar-refractivity contribution in [2.45, 2.75) is 32.4 Å². The van der Waals surface area contributed by atoms with Gasteiger partial charge in [-0.15, -0.1) is 0 Å². The second-order valence-corrected chi connectivity index (χ2v) is 5.16. The summed E-state index contributed by atoms with van der Waals surface area (Å²) in [6.07, 6.45) is 0.226. The molecule has 1 aliphatic rings. The van der Waals surface area contributed by atoms with Crippen molar-refractivity contribution in [1.82, 2.24) is 4.90 Å². The van der Waals surface area contributed by atoms with Crippen LogP contribution in [0, 0.1) is 18.3 Å². The summed E-state index contributed by atoms with van der Waals surface area (Å²) in [5.41, 5.74) is 2.20. The predicted molar refractivity (Wildman–Crippen MR) is 74.8 cm³/mol. The van der Waals surface area contributed by atoms with Crippen molar-refractivity contribution in [2.75, 3.05) is 18.5 Å². The van der Waals surface area contributed by atoms with E-state index in [0.717, 1.165) is 12.2 Å². The summed E-state index contributed by atoms with van der Waals surface area (Å²) >= 11 is 0. The van der Waals surface area contributed by atoms with Crippen LogP contribution in [-0.4, -0.2) is 36.5 Å². The molecule has 0 aromatic heterocycles. The maximum atomic E-state index is 12.3. The van der Waals surface area contributed by atoms with Gasteiger partial charge < -0.3 is 9.80 Å². The Labute approximate surface area is 114 Å². The Morgan fingerprint density at radius 2 is 2.00 bits per heavy atom. The lowest BCUT2D eigenvalue weighted by Gasteiger charge is -2.43. The van der Waals surface area contributed by atoms with E-state index in [1.165, 1.54) is 5.56 Å². The Hall–Kier alpha value is -2.02. The minimum absolute atomic E-state index is 0.0286. The number of likely N-dealkylation sites (N-methyl/N-ethyl adjacent to an activating group) is 1. The predicted octanol–water partition coefficient (Wildman–Crippen LogP) is 1.94. The maximum Gasteiger partial charge on any atom is 0.246 e. The molecule has 4 nitrogen and oxygen atoms in total. The molecular weight excluding hydrogens is 238 g/mol. The van der Waals surface area contributed by atoms with Crippen molar-refractivity contribution in [3.05, 3.63) is 29.8 Å². The SMILES string of the molecule is Cc1ccc(N2CC(C)N(C)C(=O)C2CC#N)cc1. The van der Waals surface area contributed by atoms with Crippen molar-refractivity contribution in [1.29, 1.82) is 5.26 Å². The van der Waals surface area contributed by atoms with Crippen molar-refractivity contribution in [2.24, 2.45) is 0 Å². The second kappa shape index (κ2) is 5.31. The summed E-state index contributed by atoms with van der Waals surface area (Å²) < 4.78 is 0. The standard InChI is InChI=1S/C15H19N3O/c1-11-4-6-13(7-5-11)18-10-12(2)17(3)15(19)14(18)8-9-16/h4-7,12,14H,8,10H2,1-3H3. The molecule has 100 valence electrons. The molecule has 0 bridgehead atoms. The van der Waals surface area contributed by atoms with Crippen LogP contribution in [0.25, 0.3) is 0 Å². The lowest BCUT2D eigenvalue weighted by Crippen LogP contribution is -2.59. The molecule has 4 heteroatoms. The van der Waals surface area contributed by atoms with Gasteiger partial charge in [-0.05, 0) is 26.0 Å². The number of nitriles is 1. The highest BCUT2D eigenvalue weighted by Gasteiger charge is 2.36. The lowest BCUT2D eigenvalue weighted by atomic mass is 10.0. The fraction of sp³-hybridized carbons (Fsp3) is 0.467. The normalized spacial score (nSPS) is 23.4. The first kappa shape index (κ1) is 13.4. The zero-order valence-electron chi connectivity index (χ0n) is 11.6. The molecule has 0 radical (unpaired) electrons. The number of amides is 1. The van der Waals surface area contributed by atoms with Crippen LogP contribution in [0.15, 0.2) is 24.3 Å². The van der Waals surface area contributed by atoms with E-state index in [-0.39, 0.29) is 24.4 Å². The minimum Gasteiger partial charge on any atom is -0.357 e. The first-order valence-corrected chi connectivity index (χ1v) is 6.51. The van der Waals surface area contributed by atoms with Crippen LogP contribution in [0.3, 0.4) is 0 Å². The summed E-state index contributed by atoms with van der Waals surface area (Å²) in [5.74, 6) is 0.0286. The molecule has 1 fully saturated rings. The van der Waals surface area contributed by atoms with Crippen LogP contribution < -0.4 is 4.90 Å². The fourth-order valence-electron chi connectivity index (χ4n) is 2.43. The van der Waals surface area contributed by atoms with Crippen LogP contribution >= 0.6 is 0 Å². The number of benzene rings is 1. The van der Waals surface area contributed by atoms with E-state index < -0.39 is 0 Å². The quantitative estimate of drug-likeness (QED) is 0.813. The van der Waals surface area contributed by atoms with Crippen molar-refractivity contribution < 1.29 is 4.79 Å². The highest BCUT2D eigenvalue weighted by atomic mass is 16.2. The highest BCUT2D eigenvalue weighted by Crippen LogP contribution is 2.25. The number of aryl methyl sites for hydroxylation is 1. The van der Waals surface area contributed by atoms with Crippen LogP contribution in [0.2, 0.25) is 0 Å². The minimum atomic E-state index is -0.367. The molecular formula is C15H19N3O. The highest BCUT2D eigenvalue weighted by molar-refractivity contribution is 5.87. The number of carbonyl (C=O) groups is 1. The Kier molecular flexibility index (Phi) is 3.75. The molecule has 1 amide bonds. The third-order valence-electron chi connectivity index (χ3n) is 3.78. The first-order valence-electron chi connectivity index (χ1n) is 6.51. The number of rotatable bonds is 2. The van der Waals surface area contributed by atoms with E-state index in [1.807, 2.05) is 45.2 Å². The number of nitrogens with zero attached hydrogens (tertiary/aromatic N) is 3. The monoisotopic (exact) mass is 257 g/mol. The van der Waals surface area contributed by atoms with E-state index in [1.54, 1.807) is 4.90 Å². The lowest BCUT2D eigenvalue weighted by molar-refractivity contribution is -0.134. The zero-order chi connectivity index (χ0) is 14.0. The summed E-state index contributed by atoms with van der Waals surface area (Å²) in [6.45, 7) is 4.83. The van der Waals surface area contributed by atoms with E-state index in [4.69, 9.17) is 5.26 Å². The second-order valence-electron chi connectivity index (χ2n) is 5.16. The van der Waals surface area contributed by atoms with Crippen molar-refractivity contribution in [3.8, 4) is 6.07 Å². The van der Waals surface area contributed by atoms with Crippen LogP contribution in [-0.2, 0) is 4.79 Å². The molecule has 1 aromatic carbocycles. The maximum absolute atomic E-state index is 12.3. The molecule has 0 N–H and O–H groups in total. The number of anilines is 1. The Bertz CT molecular complexity index is 503. The van der Waals surface area contributed by atoms with Crippen LogP contribution in [0.1, 0.15) is 18.9 Å². The molecule has 0 spiro atoms. The number of carbonyl (C=O) groups excluding carboxylic acids is 1. The van der Waals surface area contributed by atoms with E-state index in [9.17, 15) is 4.79 Å². The summed E-state index contributed by atoms with van der Waals surface area (Å²) in [6, 6.07) is 10.0. The molecule has 2 atom stereocenters. The molecule has 2 rings (SSSR count). The van der Waals surface area contributed by atoms with Crippen LogP contribution in [0.5, 0.6) is 0 Å². The molecule has 19 heavy (non-hydrogen) atoms. The number of hydrogen-bond donors (Lipinski definition) is 0. The average molecular weight is 257 g/mol. The van der Waals surface area contributed by atoms with Gasteiger partial charge in [0.05, 0.1) is 12.5 Å². The van der Waals surface area contributed by atoms with Gasteiger partial charge >= 0.3 is 0 Å². The van der Waals surface area contributed by atoms with Crippen molar-refractivity contribution in [3.63, 3.8) is 0 Å². The molecule has 2 unspecified atom stereocenters. The summed E-state index contributed by atoms with van der Waals surface area (Å²) in [4.78, 5) is 16.1. The third-order valence-corrected chi connectivity index (χ3v) is 3.78. The van der Waals surface area contributed by atoms with Gasteiger partial charge in [0.2, 0.25) is 5.91 Å². The van der Waals surface area contributed by atoms with Gasteiger partial charge in [0, 0.05) is 25.3 Å². The van der Waals surface area contributed by atoms with Gasteiger partial charge in [0.1, 0.15) is 6.04 Å². The average Bonchev–Trinajstić information content (AvgIpc) is 2.40. The van der Waals surface area contributed by atoms with Gasteiger partial charge in [0.25, 0.3) is 0 Å². The Morgan fingerprint density at radius 3 is 2.58 bits per heavy atom. The number of piperazine rings is 1. The molecule has 0 aliphatic carbocycles. The van der Waals surface area contributed by atoms with Gasteiger partial charge in [-0.25, -0.2) is 0 Å². The van der Waals surface area contributed by atoms with E-state index >= 15 is 0 Å². The van der Waals surface area contributed by atoms with Crippen molar-refractivity contribution >= 4 is 11.6 Å². The van der Waals surface area contributed by atoms with E-state index in [0.29, 0.717) is 0 Å². The molecule has 1 saturated heterocycles. The first-order chi connectivity index (χ1) is 9.04. The molecule has 0 saturated carbocycles. The van der Waals surface area contributed by atoms with Crippen LogP contribution in [0.4, 0.5) is 5.69 Å². The third kappa shape index (κ3) is 2.55. The molecule has 1 aliphatic heterocycles. The van der Waals surface area contributed by atoms with Gasteiger partial charge in [-0.2, -0.15) is 5.26 Å².